The van der Waals surface area contributed by atoms with E-state index in [0.29, 0.717) is 18.2 Å². The van der Waals surface area contributed by atoms with Crippen LogP contribution >= 0.6 is 0 Å². The van der Waals surface area contributed by atoms with Crippen molar-refractivity contribution in [1.29, 1.82) is 0 Å². The summed E-state index contributed by atoms with van der Waals surface area (Å²) in [6.07, 6.45) is 2.60. The highest BCUT2D eigenvalue weighted by Crippen LogP contribution is 2.24. The van der Waals surface area contributed by atoms with Gasteiger partial charge in [-0.1, -0.05) is 6.07 Å². The smallest absolute Gasteiger partial charge is 0.221 e. The summed E-state index contributed by atoms with van der Waals surface area (Å²) >= 11 is 0. The Morgan fingerprint density at radius 3 is 2.47 bits per heavy atom. The first kappa shape index (κ1) is 13.9. The van der Waals surface area contributed by atoms with E-state index in [1.807, 2.05) is 24.3 Å². The average molecular weight is 262 g/mol. The molecule has 2 N–H and O–H groups in total. The van der Waals surface area contributed by atoms with Crippen LogP contribution in [-0.4, -0.2) is 24.2 Å². The van der Waals surface area contributed by atoms with Gasteiger partial charge in [-0.05, 0) is 44.9 Å². The summed E-state index contributed by atoms with van der Waals surface area (Å²) in [6.45, 7) is 5.73. The third-order valence-electron chi connectivity index (χ3n) is 3.25. The second-order valence-electron chi connectivity index (χ2n) is 5.33. The van der Waals surface area contributed by atoms with Gasteiger partial charge in [-0.2, -0.15) is 0 Å². The van der Waals surface area contributed by atoms with Crippen molar-refractivity contribution in [3.63, 3.8) is 0 Å². The molecule has 19 heavy (non-hydrogen) atoms. The second-order valence-corrected chi connectivity index (χ2v) is 5.33. The van der Waals surface area contributed by atoms with E-state index in [1.54, 1.807) is 0 Å². The minimum atomic E-state index is -0.0505. The summed E-state index contributed by atoms with van der Waals surface area (Å²) in [5.74, 6) is -0.0505. The Morgan fingerprint density at radius 1 is 1.21 bits per heavy atom. The van der Waals surface area contributed by atoms with Gasteiger partial charge in [0.05, 0.1) is 12.2 Å². The average Bonchev–Trinajstić information content (AvgIpc) is 2.26. The fourth-order valence-corrected chi connectivity index (χ4v) is 2.65. The number of benzene rings is 1. The zero-order valence-electron chi connectivity index (χ0n) is 11.8. The summed E-state index contributed by atoms with van der Waals surface area (Å²) in [4.78, 5) is 11.1. The summed E-state index contributed by atoms with van der Waals surface area (Å²) in [6, 6.07) is 8.25. The molecule has 1 amide bonds. The SMILES string of the molecule is CC(=O)Nc1cccc(NC2CC(C)OC(C)C2)c1. The number of hydrogen-bond donors (Lipinski definition) is 2. The molecular weight excluding hydrogens is 240 g/mol. The van der Waals surface area contributed by atoms with E-state index in [-0.39, 0.29) is 5.91 Å². The van der Waals surface area contributed by atoms with E-state index in [9.17, 15) is 4.79 Å². The molecule has 0 bridgehead atoms. The van der Waals surface area contributed by atoms with Crippen molar-refractivity contribution in [2.24, 2.45) is 0 Å². The van der Waals surface area contributed by atoms with Gasteiger partial charge < -0.3 is 15.4 Å². The monoisotopic (exact) mass is 262 g/mol. The molecule has 4 heteroatoms. The van der Waals surface area contributed by atoms with Crippen molar-refractivity contribution in [2.45, 2.75) is 51.9 Å². The molecule has 0 saturated carbocycles. The molecule has 0 radical (unpaired) electrons. The fraction of sp³-hybridized carbons (Fsp3) is 0.533. The van der Waals surface area contributed by atoms with Crippen LogP contribution in [0.2, 0.25) is 0 Å². The highest BCUT2D eigenvalue weighted by molar-refractivity contribution is 5.89. The van der Waals surface area contributed by atoms with Gasteiger partial charge in [0.25, 0.3) is 0 Å². The van der Waals surface area contributed by atoms with E-state index in [0.717, 1.165) is 24.2 Å². The van der Waals surface area contributed by atoms with Gasteiger partial charge in [-0.25, -0.2) is 0 Å². The first-order chi connectivity index (χ1) is 9.02. The summed E-state index contributed by atoms with van der Waals surface area (Å²) < 4.78 is 5.73. The number of rotatable bonds is 3. The molecule has 0 aromatic heterocycles. The quantitative estimate of drug-likeness (QED) is 0.880. The lowest BCUT2D eigenvalue weighted by atomic mass is 9.99. The van der Waals surface area contributed by atoms with E-state index >= 15 is 0 Å². The first-order valence-electron chi connectivity index (χ1n) is 6.82. The van der Waals surface area contributed by atoms with Crippen LogP contribution in [0.3, 0.4) is 0 Å². The molecule has 0 spiro atoms. The molecule has 4 nitrogen and oxygen atoms in total. The third-order valence-corrected chi connectivity index (χ3v) is 3.25. The predicted octanol–water partition coefficient (Wildman–Crippen LogP) is 3.01. The Bertz CT molecular complexity index is 438. The maximum atomic E-state index is 11.1. The van der Waals surface area contributed by atoms with E-state index in [2.05, 4.69) is 24.5 Å². The molecule has 2 atom stereocenters. The lowest BCUT2D eigenvalue weighted by Gasteiger charge is -2.33. The number of carbonyl (C=O) groups excluding carboxylic acids is 1. The summed E-state index contributed by atoms with van der Waals surface area (Å²) in [7, 11) is 0. The molecule has 1 aliphatic heterocycles. The van der Waals surface area contributed by atoms with Crippen molar-refractivity contribution in [3.8, 4) is 0 Å². The van der Waals surface area contributed by atoms with Crippen molar-refractivity contribution >= 4 is 17.3 Å². The molecule has 0 aliphatic carbocycles. The Balaban J connectivity index is 2.00. The van der Waals surface area contributed by atoms with Crippen LogP contribution in [0.25, 0.3) is 0 Å². The van der Waals surface area contributed by atoms with Crippen LogP contribution in [0.15, 0.2) is 24.3 Å². The molecule has 1 saturated heterocycles. The Labute approximate surface area is 114 Å². The topological polar surface area (TPSA) is 50.4 Å². The van der Waals surface area contributed by atoms with Crippen LogP contribution in [0.5, 0.6) is 0 Å². The Hall–Kier alpha value is -1.55. The first-order valence-corrected chi connectivity index (χ1v) is 6.82. The molecule has 1 aromatic rings. The van der Waals surface area contributed by atoms with Crippen LogP contribution in [-0.2, 0) is 9.53 Å². The number of nitrogens with one attached hydrogen (secondary N) is 2. The molecule has 1 heterocycles. The minimum absolute atomic E-state index is 0.0505. The van der Waals surface area contributed by atoms with Gasteiger partial charge in [-0.3, -0.25) is 4.79 Å². The van der Waals surface area contributed by atoms with Crippen molar-refractivity contribution in [1.82, 2.24) is 0 Å². The van der Waals surface area contributed by atoms with Gasteiger partial charge in [-0.15, -0.1) is 0 Å². The third kappa shape index (κ3) is 4.24. The predicted molar refractivity (Wildman–Crippen MR) is 77.4 cm³/mol. The minimum Gasteiger partial charge on any atom is -0.382 e. The van der Waals surface area contributed by atoms with Gasteiger partial charge in [0.15, 0.2) is 0 Å². The van der Waals surface area contributed by atoms with Crippen molar-refractivity contribution in [2.75, 3.05) is 10.6 Å². The zero-order chi connectivity index (χ0) is 13.8. The fourth-order valence-electron chi connectivity index (χ4n) is 2.65. The van der Waals surface area contributed by atoms with Crippen LogP contribution in [0.4, 0.5) is 11.4 Å². The summed E-state index contributed by atoms with van der Waals surface area (Å²) in [5.41, 5.74) is 1.86. The highest BCUT2D eigenvalue weighted by atomic mass is 16.5. The lowest BCUT2D eigenvalue weighted by molar-refractivity contribution is -0.114. The number of amides is 1. The summed E-state index contributed by atoms with van der Waals surface area (Å²) in [5, 5.41) is 6.32. The molecule has 1 aliphatic rings. The van der Waals surface area contributed by atoms with Crippen molar-refractivity contribution in [3.05, 3.63) is 24.3 Å². The molecule has 1 fully saturated rings. The number of carbonyl (C=O) groups is 1. The number of anilines is 2. The normalized spacial score (nSPS) is 26.8. The van der Waals surface area contributed by atoms with Crippen LogP contribution in [0, 0.1) is 0 Å². The largest absolute Gasteiger partial charge is 0.382 e. The molecule has 1 aromatic carbocycles. The Morgan fingerprint density at radius 2 is 1.84 bits per heavy atom. The lowest BCUT2D eigenvalue weighted by Crippen LogP contribution is -2.36. The van der Waals surface area contributed by atoms with E-state index in [4.69, 9.17) is 4.74 Å². The van der Waals surface area contributed by atoms with Gasteiger partial charge >= 0.3 is 0 Å². The maximum absolute atomic E-state index is 11.1. The maximum Gasteiger partial charge on any atom is 0.221 e. The van der Waals surface area contributed by atoms with Crippen LogP contribution in [0.1, 0.15) is 33.6 Å². The highest BCUT2D eigenvalue weighted by Gasteiger charge is 2.24. The molecular formula is C15H22N2O2. The van der Waals surface area contributed by atoms with Crippen molar-refractivity contribution < 1.29 is 9.53 Å². The van der Waals surface area contributed by atoms with Gasteiger partial charge in [0, 0.05) is 24.3 Å². The van der Waals surface area contributed by atoms with E-state index < -0.39 is 0 Å². The zero-order valence-corrected chi connectivity index (χ0v) is 11.8. The molecule has 104 valence electrons. The number of hydrogen-bond acceptors (Lipinski definition) is 3. The van der Waals surface area contributed by atoms with Gasteiger partial charge in [0.1, 0.15) is 0 Å². The molecule has 2 unspecified atom stereocenters. The van der Waals surface area contributed by atoms with Crippen LogP contribution < -0.4 is 10.6 Å². The number of ether oxygens (including phenoxy) is 1. The second kappa shape index (κ2) is 6.06. The van der Waals surface area contributed by atoms with E-state index in [1.165, 1.54) is 6.92 Å². The van der Waals surface area contributed by atoms with Gasteiger partial charge in [0.2, 0.25) is 5.91 Å². The molecule has 2 rings (SSSR count). The standard InChI is InChI=1S/C15H22N2O2/c1-10-7-15(8-11(2)19-10)17-14-6-4-5-13(9-14)16-12(3)18/h4-6,9-11,15,17H,7-8H2,1-3H3,(H,16,18). The Kier molecular flexibility index (Phi) is 4.43.